The summed E-state index contributed by atoms with van der Waals surface area (Å²) in [5.41, 5.74) is 1.53. The molecule has 16 heavy (non-hydrogen) atoms. The molecule has 0 fully saturated rings. The van der Waals surface area contributed by atoms with Crippen molar-refractivity contribution in [1.29, 1.82) is 0 Å². The number of halogens is 2. The van der Waals surface area contributed by atoms with Gasteiger partial charge in [-0.2, -0.15) is 8.42 Å². The van der Waals surface area contributed by atoms with Crippen molar-refractivity contribution in [1.82, 2.24) is 0 Å². The summed E-state index contributed by atoms with van der Waals surface area (Å²) in [6.07, 6.45) is 1.31. The van der Waals surface area contributed by atoms with Crippen LogP contribution in [0.2, 0.25) is 0 Å². The van der Waals surface area contributed by atoms with Gasteiger partial charge in [0.05, 0.1) is 4.90 Å². The molecule has 1 N–H and O–H groups in total. The van der Waals surface area contributed by atoms with Gasteiger partial charge in [0, 0.05) is 10.7 Å². The average Bonchev–Trinajstić information content (AvgIpc) is 2.19. The molecule has 1 rings (SSSR count). The van der Waals surface area contributed by atoms with Crippen LogP contribution in [0.15, 0.2) is 23.1 Å². The van der Waals surface area contributed by atoms with Crippen LogP contribution in [0.25, 0.3) is 0 Å². The van der Waals surface area contributed by atoms with Gasteiger partial charge in [-0.1, -0.05) is 44.0 Å². The van der Waals surface area contributed by atoms with Crippen molar-refractivity contribution < 1.29 is 13.0 Å². The van der Waals surface area contributed by atoms with E-state index in [0.717, 1.165) is 17.3 Å². The van der Waals surface area contributed by atoms with Gasteiger partial charge >= 0.3 is 0 Å². The molecule has 0 aromatic heterocycles. The molecule has 0 atom stereocenters. The van der Waals surface area contributed by atoms with E-state index in [0.29, 0.717) is 17.3 Å². The average molecular weight is 372 g/mol. The van der Waals surface area contributed by atoms with Crippen molar-refractivity contribution >= 4 is 42.0 Å². The predicted octanol–water partition coefficient (Wildman–Crippen LogP) is 2.81. The Balaban J connectivity index is 3.21. The first-order valence-electron chi connectivity index (χ1n) is 4.70. The second-order valence-electron chi connectivity index (χ2n) is 3.30. The van der Waals surface area contributed by atoms with Gasteiger partial charge < -0.3 is 0 Å². The minimum absolute atomic E-state index is 0.0189. The van der Waals surface area contributed by atoms with Crippen molar-refractivity contribution in [3.63, 3.8) is 0 Å². The first-order chi connectivity index (χ1) is 7.49. The van der Waals surface area contributed by atoms with Crippen molar-refractivity contribution in [3.05, 3.63) is 29.3 Å². The predicted molar refractivity (Wildman–Crippen MR) is 71.3 cm³/mol. The Labute approximate surface area is 112 Å². The van der Waals surface area contributed by atoms with Crippen LogP contribution in [0.1, 0.15) is 11.1 Å². The lowest BCUT2D eigenvalue weighted by Crippen LogP contribution is -2.05. The van der Waals surface area contributed by atoms with E-state index in [-0.39, 0.29) is 4.90 Å². The van der Waals surface area contributed by atoms with Crippen LogP contribution in [-0.4, -0.2) is 23.6 Å². The second-order valence-corrected chi connectivity index (χ2v) is 6.27. The van der Waals surface area contributed by atoms with E-state index < -0.39 is 10.1 Å². The highest BCUT2D eigenvalue weighted by Crippen LogP contribution is 2.19. The third-order valence-electron chi connectivity index (χ3n) is 2.16. The third-order valence-corrected chi connectivity index (χ3v) is 3.89. The lowest BCUT2D eigenvalue weighted by molar-refractivity contribution is 0.482. The van der Waals surface area contributed by atoms with Crippen LogP contribution >= 0.6 is 31.9 Å². The van der Waals surface area contributed by atoms with Gasteiger partial charge in [-0.15, -0.1) is 0 Å². The quantitative estimate of drug-likeness (QED) is 0.639. The number of rotatable bonds is 5. The molecule has 1 aromatic carbocycles. The molecule has 90 valence electrons. The minimum Gasteiger partial charge on any atom is -0.282 e. The Bertz CT molecular complexity index is 457. The number of hydrogen-bond donors (Lipinski definition) is 1. The number of hydrogen-bond acceptors (Lipinski definition) is 2. The SMILES string of the molecule is O=S(=O)(O)c1cc(CCBr)ccc1CCBr. The molecule has 1 aromatic rings. The fraction of sp³-hybridized carbons (Fsp3) is 0.400. The van der Waals surface area contributed by atoms with Crippen LogP contribution in [0.4, 0.5) is 0 Å². The van der Waals surface area contributed by atoms with Gasteiger partial charge in [-0.25, -0.2) is 0 Å². The van der Waals surface area contributed by atoms with Crippen molar-refractivity contribution in [2.24, 2.45) is 0 Å². The Kier molecular flexibility index (Phi) is 5.43. The van der Waals surface area contributed by atoms with Gasteiger partial charge in [0.1, 0.15) is 0 Å². The Morgan fingerprint density at radius 2 is 1.75 bits per heavy atom. The minimum atomic E-state index is -4.13. The van der Waals surface area contributed by atoms with E-state index in [9.17, 15) is 8.42 Å². The second kappa shape index (κ2) is 6.14. The monoisotopic (exact) mass is 370 g/mol. The van der Waals surface area contributed by atoms with Gasteiger partial charge in [0.25, 0.3) is 10.1 Å². The zero-order valence-corrected chi connectivity index (χ0v) is 12.5. The first kappa shape index (κ1) is 14.2. The highest BCUT2D eigenvalue weighted by atomic mass is 79.9. The summed E-state index contributed by atoms with van der Waals surface area (Å²) >= 11 is 6.54. The van der Waals surface area contributed by atoms with E-state index in [2.05, 4.69) is 31.9 Å². The molecular weight excluding hydrogens is 360 g/mol. The maximum Gasteiger partial charge on any atom is 0.294 e. The molecule has 0 spiro atoms. The summed E-state index contributed by atoms with van der Waals surface area (Å²) in [6.45, 7) is 0. The molecule has 0 aliphatic rings. The van der Waals surface area contributed by atoms with Crippen LogP contribution in [0.3, 0.4) is 0 Å². The molecule has 6 heteroatoms. The number of aryl methyl sites for hydroxylation is 2. The van der Waals surface area contributed by atoms with Gasteiger partial charge in [-0.3, -0.25) is 4.55 Å². The number of benzene rings is 1. The Morgan fingerprint density at radius 3 is 2.25 bits per heavy atom. The smallest absolute Gasteiger partial charge is 0.282 e. The van der Waals surface area contributed by atoms with E-state index in [1.165, 1.54) is 6.07 Å². The Morgan fingerprint density at radius 1 is 1.12 bits per heavy atom. The van der Waals surface area contributed by atoms with Crippen molar-refractivity contribution in [2.75, 3.05) is 10.7 Å². The summed E-state index contributed by atoms with van der Waals surface area (Å²) in [7, 11) is -4.13. The van der Waals surface area contributed by atoms with E-state index in [4.69, 9.17) is 4.55 Å². The molecule has 0 heterocycles. The normalized spacial score (nSPS) is 11.7. The maximum absolute atomic E-state index is 11.2. The Hall–Kier alpha value is 0.0900. The van der Waals surface area contributed by atoms with Crippen molar-refractivity contribution in [2.45, 2.75) is 17.7 Å². The van der Waals surface area contributed by atoms with E-state index in [1.807, 2.05) is 6.07 Å². The summed E-state index contributed by atoms with van der Waals surface area (Å²) in [4.78, 5) is 0.0189. The largest absolute Gasteiger partial charge is 0.294 e. The van der Waals surface area contributed by atoms with Gasteiger partial charge in [0.2, 0.25) is 0 Å². The summed E-state index contributed by atoms with van der Waals surface area (Å²) in [5.74, 6) is 0. The zero-order chi connectivity index (χ0) is 12.2. The van der Waals surface area contributed by atoms with Crippen LogP contribution in [0.5, 0.6) is 0 Å². The van der Waals surface area contributed by atoms with Gasteiger partial charge in [-0.05, 0) is 30.0 Å². The summed E-state index contributed by atoms with van der Waals surface area (Å²) < 4.78 is 31.6. The van der Waals surface area contributed by atoms with Crippen LogP contribution in [-0.2, 0) is 23.0 Å². The molecule has 0 aliphatic carbocycles. The molecule has 0 saturated carbocycles. The molecule has 0 radical (unpaired) electrons. The van der Waals surface area contributed by atoms with E-state index >= 15 is 0 Å². The molecule has 0 aliphatic heterocycles. The topological polar surface area (TPSA) is 54.4 Å². The fourth-order valence-corrected chi connectivity index (χ4v) is 3.10. The molecule has 0 bridgehead atoms. The zero-order valence-electron chi connectivity index (χ0n) is 8.49. The highest BCUT2D eigenvalue weighted by molar-refractivity contribution is 9.09. The molecule has 3 nitrogen and oxygen atoms in total. The van der Waals surface area contributed by atoms with Crippen LogP contribution in [0, 0.1) is 0 Å². The van der Waals surface area contributed by atoms with Crippen LogP contribution < -0.4 is 0 Å². The first-order valence-corrected chi connectivity index (χ1v) is 8.38. The van der Waals surface area contributed by atoms with Crippen molar-refractivity contribution in [3.8, 4) is 0 Å². The number of alkyl halides is 2. The highest BCUT2D eigenvalue weighted by Gasteiger charge is 2.15. The summed E-state index contributed by atoms with van der Waals surface area (Å²) in [6, 6.07) is 5.17. The molecular formula is C10H12Br2O3S. The molecule has 0 unspecified atom stereocenters. The third kappa shape index (κ3) is 3.84. The molecule has 0 amide bonds. The van der Waals surface area contributed by atoms with E-state index in [1.54, 1.807) is 6.07 Å². The lowest BCUT2D eigenvalue weighted by Gasteiger charge is -2.08. The summed E-state index contributed by atoms with van der Waals surface area (Å²) in [5, 5.41) is 1.42. The standard InChI is InChI=1S/C10H12Br2O3S/c11-5-3-8-1-2-9(4-6-12)10(7-8)16(13,14)15/h1-2,7H,3-6H2,(H,13,14,15). The fourth-order valence-electron chi connectivity index (χ4n) is 1.41. The van der Waals surface area contributed by atoms with Gasteiger partial charge in [0.15, 0.2) is 0 Å². The molecule has 0 saturated heterocycles. The lowest BCUT2D eigenvalue weighted by atomic mass is 10.1. The maximum atomic E-state index is 11.2.